The number of hydrogen-bond donors (Lipinski definition) is 1. The molecular formula is C24H24ClN3O3. The van der Waals surface area contributed by atoms with Crippen molar-refractivity contribution in [3.8, 4) is 23.7 Å². The minimum absolute atomic E-state index is 0.0499. The molecule has 0 radical (unpaired) electrons. The number of rotatable bonds is 5. The van der Waals surface area contributed by atoms with Gasteiger partial charge in [0.05, 0.1) is 10.6 Å². The Kier molecular flexibility index (Phi) is 6.28. The maximum absolute atomic E-state index is 13.1. The molecule has 0 bridgehead atoms. The van der Waals surface area contributed by atoms with Gasteiger partial charge in [0.1, 0.15) is 11.7 Å². The molecule has 2 aromatic rings. The normalized spacial score (nSPS) is 18.7. The number of carbonyl (C=O) groups is 3. The lowest BCUT2D eigenvalue weighted by Gasteiger charge is -2.20. The van der Waals surface area contributed by atoms with Gasteiger partial charge in [0.25, 0.3) is 0 Å². The van der Waals surface area contributed by atoms with Crippen LogP contribution >= 0.6 is 11.6 Å². The number of halogens is 1. The second-order valence-corrected chi connectivity index (χ2v) is 8.91. The van der Waals surface area contributed by atoms with E-state index in [1.165, 1.54) is 12.4 Å². The molecule has 1 heterocycles. The van der Waals surface area contributed by atoms with Crippen molar-refractivity contribution in [2.24, 2.45) is 5.92 Å². The molecule has 1 saturated carbocycles. The number of carbonyl (C=O) groups excluding carboxylic acids is 3. The molecular weight excluding hydrogens is 414 g/mol. The van der Waals surface area contributed by atoms with Crippen LogP contribution in [0.4, 0.5) is 0 Å². The number of hydrogen-bond acceptors (Lipinski definition) is 5. The van der Waals surface area contributed by atoms with E-state index in [0.29, 0.717) is 16.4 Å². The van der Waals surface area contributed by atoms with Crippen LogP contribution in [0.1, 0.15) is 49.3 Å². The van der Waals surface area contributed by atoms with E-state index in [0.717, 1.165) is 16.7 Å². The Morgan fingerprint density at radius 1 is 1.23 bits per heavy atom. The summed E-state index contributed by atoms with van der Waals surface area (Å²) >= 11 is 5.86. The van der Waals surface area contributed by atoms with Gasteiger partial charge in [-0.15, -0.1) is 6.42 Å². The molecule has 2 atom stereocenters. The van der Waals surface area contributed by atoms with Crippen LogP contribution in [-0.4, -0.2) is 33.0 Å². The highest BCUT2D eigenvalue weighted by Crippen LogP contribution is 2.38. The molecule has 6 nitrogen and oxygen atoms in total. The lowest BCUT2D eigenvalue weighted by molar-refractivity contribution is -0.129. The number of aromatic nitrogens is 2. The highest BCUT2D eigenvalue weighted by Gasteiger charge is 2.44. The Balaban J connectivity index is 1.85. The van der Waals surface area contributed by atoms with Gasteiger partial charge in [-0.25, -0.2) is 9.97 Å². The summed E-state index contributed by atoms with van der Waals surface area (Å²) in [4.78, 5) is 46.7. The van der Waals surface area contributed by atoms with Crippen LogP contribution in [0.5, 0.6) is 0 Å². The third kappa shape index (κ3) is 4.83. The Labute approximate surface area is 186 Å². The maximum atomic E-state index is 13.1. The van der Waals surface area contributed by atoms with Crippen molar-refractivity contribution in [1.82, 2.24) is 15.3 Å². The van der Waals surface area contributed by atoms with Crippen LogP contribution in [-0.2, 0) is 14.4 Å². The summed E-state index contributed by atoms with van der Waals surface area (Å²) in [6.45, 7) is 7.12. The van der Waals surface area contributed by atoms with Crippen molar-refractivity contribution in [3.05, 3.63) is 46.2 Å². The van der Waals surface area contributed by atoms with Gasteiger partial charge in [0.15, 0.2) is 11.6 Å². The third-order valence-corrected chi connectivity index (χ3v) is 5.66. The van der Waals surface area contributed by atoms with Crippen LogP contribution < -0.4 is 5.32 Å². The molecule has 160 valence electrons. The number of benzene rings is 1. The molecule has 1 amide bonds. The summed E-state index contributed by atoms with van der Waals surface area (Å²) in [5.41, 5.74) is 2.27. The molecule has 1 aliphatic carbocycles. The van der Waals surface area contributed by atoms with Crippen LogP contribution in [0.2, 0.25) is 5.02 Å². The molecule has 0 aliphatic heterocycles. The number of terminal acetylenes is 1. The van der Waals surface area contributed by atoms with Crippen molar-refractivity contribution in [2.75, 3.05) is 0 Å². The van der Waals surface area contributed by atoms with Gasteiger partial charge < -0.3 is 5.32 Å². The smallest absolute Gasteiger partial charge is 0.221 e. The molecule has 1 aliphatic rings. The Morgan fingerprint density at radius 2 is 1.81 bits per heavy atom. The highest BCUT2D eigenvalue weighted by atomic mass is 35.5. The second-order valence-electron chi connectivity index (χ2n) is 8.47. The second kappa shape index (κ2) is 8.60. The third-order valence-electron chi connectivity index (χ3n) is 5.46. The van der Waals surface area contributed by atoms with E-state index < -0.39 is 17.4 Å². The minimum atomic E-state index is -0.862. The Morgan fingerprint density at radius 3 is 2.35 bits per heavy atom. The number of Topliss-reactive ketones (excluding diaryl/α,β-unsaturated/α-hetero) is 2. The zero-order valence-electron chi connectivity index (χ0n) is 18.0. The predicted molar refractivity (Wildman–Crippen MR) is 118 cm³/mol. The summed E-state index contributed by atoms with van der Waals surface area (Å²) < 4.78 is 0. The average molecular weight is 438 g/mol. The highest BCUT2D eigenvalue weighted by molar-refractivity contribution is 6.30. The molecule has 1 aromatic carbocycles. The first-order valence-corrected chi connectivity index (χ1v) is 10.3. The molecule has 7 heteroatoms. The van der Waals surface area contributed by atoms with Crippen LogP contribution in [0.25, 0.3) is 11.4 Å². The monoisotopic (exact) mass is 437 g/mol. The fraction of sp³-hybridized carbons (Fsp3) is 0.375. The minimum Gasteiger partial charge on any atom is -0.340 e. The summed E-state index contributed by atoms with van der Waals surface area (Å²) in [7, 11) is 0. The molecule has 1 N–H and O–H groups in total. The van der Waals surface area contributed by atoms with E-state index in [1.54, 1.807) is 13.8 Å². The van der Waals surface area contributed by atoms with E-state index in [9.17, 15) is 14.4 Å². The van der Waals surface area contributed by atoms with Crippen LogP contribution in [0.3, 0.4) is 0 Å². The quantitative estimate of drug-likeness (QED) is 0.570. The van der Waals surface area contributed by atoms with E-state index in [-0.39, 0.29) is 30.3 Å². The van der Waals surface area contributed by atoms with E-state index in [1.807, 2.05) is 26.0 Å². The van der Waals surface area contributed by atoms with Crippen LogP contribution in [0.15, 0.2) is 24.5 Å². The maximum Gasteiger partial charge on any atom is 0.221 e. The standard InChI is InChI=1S/C24H24ClN3O3/c1-6-24(4,5)28-19(30)10-15-9-18(29)21(22(15)31)20-13(2)7-16(8-14(20)3)23-26-11-17(25)12-27-23/h1,7-8,11-12,15,21H,9-10H2,2-5H3,(H,28,30). The van der Waals surface area contributed by atoms with Crippen molar-refractivity contribution in [1.29, 1.82) is 0 Å². The Hall–Kier alpha value is -3.04. The van der Waals surface area contributed by atoms with Gasteiger partial charge >= 0.3 is 0 Å². The number of amides is 1. The first-order valence-electron chi connectivity index (χ1n) is 9.96. The lowest BCUT2D eigenvalue weighted by Crippen LogP contribution is -2.43. The van der Waals surface area contributed by atoms with Crippen molar-refractivity contribution in [2.45, 2.75) is 52.0 Å². The van der Waals surface area contributed by atoms with Crippen molar-refractivity contribution >= 4 is 29.1 Å². The number of aryl methyl sites for hydroxylation is 2. The fourth-order valence-electron chi connectivity index (χ4n) is 4.01. The summed E-state index contributed by atoms with van der Waals surface area (Å²) in [5, 5.41) is 3.15. The zero-order chi connectivity index (χ0) is 22.9. The fourth-order valence-corrected chi connectivity index (χ4v) is 4.11. The molecule has 0 saturated heterocycles. The van der Waals surface area contributed by atoms with Crippen molar-refractivity contribution < 1.29 is 14.4 Å². The first kappa shape index (κ1) is 22.6. The number of ketones is 2. The lowest BCUT2D eigenvalue weighted by atomic mass is 9.86. The van der Waals surface area contributed by atoms with Crippen LogP contribution in [0, 0.1) is 32.1 Å². The summed E-state index contributed by atoms with van der Waals surface area (Å²) in [6, 6.07) is 3.73. The average Bonchev–Trinajstić information content (AvgIpc) is 2.95. The molecule has 3 rings (SSSR count). The van der Waals surface area contributed by atoms with E-state index in [4.69, 9.17) is 18.0 Å². The molecule has 1 fully saturated rings. The van der Waals surface area contributed by atoms with Gasteiger partial charge in [-0.05, 0) is 56.5 Å². The van der Waals surface area contributed by atoms with Gasteiger partial charge in [-0.1, -0.05) is 17.5 Å². The largest absolute Gasteiger partial charge is 0.340 e. The van der Waals surface area contributed by atoms with Gasteiger partial charge in [-0.2, -0.15) is 0 Å². The van der Waals surface area contributed by atoms with E-state index in [2.05, 4.69) is 21.2 Å². The van der Waals surface area contributed by atoms with E-state index >= 15 is 0 Å². The predicted octanol–water partition coefficient (Wildman–Crippen LogP) is 3.57. The Bertz CT molecular complexity index is 1080. The summed E-state index contributed by atoms with van der Waals surface area (Å²) in [6.07, 6.45) is 8.43. The molecule has 0 spiro atoms. The first-order chi connectivity index (χ1) is 14.5. The van der Waals surface area contributed by atoms with Gasteiger partial charge in [0, 0.05) is 36.7 Å². The van der Waals surface area contributed by atoms with Gasteiger partial charge in [0.2, 0.25) is 5.91 Å². The SMILES string of the molecule is C#CC(C)(C)NC(=O)CC1CC(=O)C(c2c(C)cc(-c3ncc(Cl)cn3)cc2C)C1=O. The summed E-state index contributed by atoms with van der Waals surface area (Å²) in [5.74, 6) is 0.764. The molecule has 1 aromatic heterocycles. The molecule has 2 unspecified atom stereocenters. The molecule has 31 heavy (non-hydrogen) atoms. The zero-order valence-corrected chi connectivity index (χ0v) is 18.7. The van der Waals surface area contributed by atoms with Gasteiger partial charge in [-0.3, -0.25) is 14.4 Å². The number of nitrogens with one attached hydrogen (secondary N) is 1. The topological polar surface area (TPSA) is 89.0 Å². The number of nitrogens with zero attached hydrogens (tertiary/aromatic N) is 2. The van der Waals surface area contributed by atoms with Crippen molar-refractivity contribution in [3.63, 3.8) is 0 Å².